The Kier molecular flexibility index (Phi) is 5.33. The lowest BCUT2D eigenvalue weighted by Gasteiger charge is -2.17. The molecule has 2 nitrogen and oxygen atoms in total. The summed E-state index contributed by atoms with van der Waals surface area (Å²) < 4.78 is 5.34. The first kappa shape index (κ1) is 13.0. The number of rotatable bonds is 6. The second-order valence-corrected chi connectivity index (χ2v) is 4.72. The maximum atomic E-state index is 5.34. The van der Waals surface area contributed by atoms with Gasteiger partial charge in [-0.15, -0.1) is 0 Å². The van der Waals surface area contributed by atoms with Crippen LogP contribution in [0.2, 0.25) is 0 Å². The molecule has 0 heterocycles. The molecule has 1 aromatic rings. The van der Waals surface area contributed by atoms with Crippen LogP contribution in [0.3, 0.4) is 0 Å². The van der Waals surface area contributed by atoms with Crippen molar-refractivity contribution in [2.24, 2.45) is 5.92 Å². The van der Waals surface area contributed by atoms with E-state index in [4.69, 9.17) is 4.74 Å². The molecule has 0 spiro atoms. The van der Waals surface area contributed by atoms with Gasteiger partial charge >= 0.3 is 0 Å². The van der Waals surface area contributed by atoms with E-state index in [1.807, 2.05) is 12.1 Å². The Labute approximate surface area is 99.0 Å². The van der Waals surface area contributed by atoms with E-state index in [1.165, 1.54) is 5.56 Å². The van der Waals surface area contributed by atoms with E-state index in [1.54, 1.807) is 7.11 Å². The smallest absolute Gasteiger partial charge is 0.122 e. The van der Waals surface area contributed by atoms with Crippen molar-refractivity contribution in [3.05, 3.63) is 29.8 Å². The van der Waals surface area contributed by atoms with Crippen molar-refractivity contribution in [2.45, 2.75) is 33.2 Å². The summed E-state index contributed by atoms with van der Waals surface area (Å²) in [4.78, 5) is 0. The first-order valence-electron chi connectivity index (χ1n) is 5.98. The van der Waals surface area contributed by atoms with E-state index < -0.39 is 0 Å². The monoisotopic (exact) mass is 221 g/mol. The van der Waals surface area contributed by atoms with Crippen LogP contribution in [0, 0.1) is 5.92 Å². The first-order chi connectivity index (χ1) is 7.63. The van der Waals surface area contributed by atoms with Crippen LogP contribution in [0.4, 0.5) is 0 Å². The fourth-order valence-corrected chi connectivity index (χ4v) is 1.71. The summed E-state index contributed by atoms with van der Waals surface area (Å²) in [5.41, 5.74) is 1.27. The van der Waals surface area contributed by atoms with Crippen LogP contribution in [-0.4, -0.2) is 19.7 Å². The number of benzene rings is 1. The minimum Gasteiger partial charge on any atom is -0.496 e. The van der Waals surface area contributed by atoms with Crippen molar-refractivity contribution < 1.29 is 4.74 Å². The summed E-state index contributed by atoms with van der Waals surface area (Å²) in [6, 6.07) is 8.71. The Bertz CT molecular complexity index is 309. The molecular formula is C14H23NO. The van der Waals surface area contributed by atoms with E-state index in [-0.39, 0.29) is 0 Å². The van der Waals surface area contributed by atoms with Crippen LogP contribution >= 0.6 is 0 Å². The van der Waals surface area contributed by atoms with Gasteiger partial charge in [-0.2, -0.15) is 0 Å². The third kappa shape index (κ3) is 4.23. The average Bonchev–Trinajstić information content (AvgIpc) is 2.27. The number of hydrogen-bond acceptors (Lipinski definition) is 2. The quantitative estimate of drug-likeness (QED) is 0.797. The van der Waals surface area contributed by atoms with Crippen molar-refractivity contribution in [1.29, 1.82) is 0 Å². The topological polar surface area (TPSA) is 21.3 Å². The molecule has 0 fully saturated rings. The summed E-state index contributed by atoms with van der Waals surface area (Å²) in [6.07, 6.45) is 1.01. The highest BCUT2D eigenvalue weighted by Crippen LogP contribution is 2.18. The predicted molar refractivity (Wildman–Crippen MR) is 69.0 cm³/mol. The van der Waals surface area contributed by atoms with Crippen molar-refractivity contribution in [1.82, 2.24) is 5.32 Å². The number of nitrogens with one attached hydrogen (secondary N) is 1. The highest BCUT2D eigenvalue weighted by atomic mass is 16.5. The van der Waals surface area contributed by atoms with E-state index >= 15 is 0 Å². The summed E-state index contributed by atoms with van der Waals surface area (Å²) in [5.74, 6) is 1.68. The third-order valence-electron chi connectivity index (χ3n) is 2.59. The molecular weight excluding hydrogens is 198 g/mol. The van der Waals surface area contributed by atoms with Crippen LogP contribution in [0.5, 0.6) is 5.75 Å². The number of ether oxygens (including phenoxy) is 1. The molecule has 0 aliphatic rings. The van der Waals surface area contributed by atoms with Gasteiger partial charge in [-0.3, -0.25) is 0 Å². The molecule has 0 aliphatic heterocycles. The van der Waals surface area contributed by atoms with Gasteiger partial charge in [-0.25, -0.2) is 0 Å². The van der Waals surface area contributed by atoms with E-state index in [0.29, 0.717) is 12.0 Å². The number of hydrogen-bond donors (Lipinski definition) is 1. The van der Waals surface area contributed by atoms with E-state index in [2.05, 4.69) is 38.2 Å². The molecule has 2 heteroatoms. The first-order valence-corrected chi connectivity index (χ1v) is 5.98. The molecule has 0 radical (unpaired) electrons. The van der Waals surface area contributed by atoms with Crippen LogP contribution in [0.15, 0.2) is 24.3 Å². The van der Waals surface area contributed by atoms with Crippen LogP contribution in [0.25, 0.3) is 0 Å². The molecule has 0 amide bonds. The zero-order valence-corrected chi connectivity index (χ0v) is 10.8. The maximum Gasteiger partial charge on any atom is 0.122 e. The van der Waals surface area contributed by atoms with Crippen LogP contribution in [0.1, 0.15) is 26.3 Å². The normalized spacial score (nSPS) is 12.8. The molecule has 1 unspecified atom stereocenters. The minimum absolute atomic E-state index is 0.485. The largest absolute Gasteiger partial charge is 0.496 e. The lowest BCUT2D eigenvalue weighted by Crippen LogP contribution is -2.31. The van der Waals surface area contributed by atoms with Gasteiger partial charge in [0.05, 0.1) is 7.11 Å². The van der Waals surface area contributed by atoms with Gasteiger partial charge < -0.3 is 10.1 Å². The fourth-order valence-electron chi connectivity index (χ4n) is 1.71. The minimum atomic E-state index is 0.485. The van der Waals surface area contributed by atoms with Crippen LogP contribution < -0.4 is 10.1 Å². The van der Waals surface area contributed by atoms with Gasteiger partial charge in [-0.05, 0) is 37.4 Å². The van der Waals surface area contributed by atoms with Gasteiger partial charge in [0.2, 0.25) is 0 Å². The molecule has 1 aromatic carbocycles. The third-order valence-corrected chi connectivity index (χ3v) is 2.59. The summed E-state index contributed by atoms with van der Waals surface area (Å²) in [7, 11) is 1.73. The molecule has 16 heavy (non-hydrogen) atoms. The number of methoxy groups -OCH3 is 1. The molecule has 1 rings (SSSR count). The van der Waals surface area contributed by atoms with E-state index in [9.17, 15) is 0 Å². The summed E-state index contributed by atoms with van der Waals surface area (Å²) in [6.45, 7) is 7.73. The van der Waals surface area contributed by atoms with Gasteiger partial charge in [0.15, 0.2) is 0 Å². The van der Waals surface area contributed by atoms with Crippen molar-refractivity contribution >= 4 is 0 Å². The molecule has 1 atom stereocenters. The summed E-state index contributed by atoms with van der Waals surface area (Å²) >= 11 is 0. The van der Waals surface area contributed by atoms with Gasteiger partial charge in [0.25, 0.3) is 0 Å². The van der Waals surface area contributed by atoms with Crippen molar-refractivity contribution in [2.75, 3.05) is 13.7 Å². The molecule has 1 N–H and O–H groups in total. The SMILES string of the molecule is COc1ccccc1CC(C)NCC(C)C. The standard InChI is InChI=1S/C14H23NO/c1-11(2)10-15-12(3)9-13-7-5-6-8-14(13)16-4/h5-8,11-12,15H,9-10H2,1-4H3. The predicted octanol–water partition coefficient (Wildman–Crippen LogP) is 2.87. The van der Waals surface area contributed by atoms with Gasteiger partial charge in [0, 0.05) is 6.04 Å². The van der Waals surface area contributed by atoms with Crippen molar-refractivity contribution in [3.63, 3.8) is 0 Å². The molecule has 0 saturated carbocycles. The van der Waals surface area contributed by atoms with Gasteiger partial charge in [0.1, 0.15) is 5.75 Å². The van der Waals surface area contributed by atoms with E-state index in [0.717, 1.165) is 18.7 Å². The molecule has 0 bridgehead atoms. The molecule has 90 valence electrons. The lowest BCUT2D eigenvalue weighted by molar-refractivity contribution is 0.404. The Morgan fingerprint density at radius 2 is 1.88 bits per heavy atom. The van der Waals surface area contributed by atoms with Crippen molar-refractivity contribution in [3.8, 4) is 5.75 Å². The highest BCUT2D eigenvalue weighted by Gasteiger charge is 2.07. The molecule has 0 aromatic heterocycles. The maximum absolute atomic E-state index is 5.34. The fraction of sp³-hybridized carbons (Fsp3) is 0.571. The van der Waals surface area contributed by atoms with Gasteiger partial charge in [-0.1, -0.05) is 32.0 Å². The van der Waals surface area contributed by atoms with Crippen LogP contribution in [-0.2, 0) is 6.42 Å². The number of para-hydroxylation sites is 1. The zero-order valence-electron chi connectivity index (χ0n) is 10.8. The summed E-state index contributed by atoms with van der Waals surface area (Å²) in [5, 5.41) is 3.53. The zero-order chi connectivity index (χ0) is 12.0. The highest BCUT2D eigenvalue weighted by molar-refractivity contribution is 5.33. The molecule has 0 aliphatic carbocycles. The second-order valence-electron chi connectivity index (χ2n) is 4.72. The molecule has 0 saturated heterocycles. The Morgan fingerprint density at radius 3 is 2.50 bits per heavy atom. The average molecular weight is 221 g/mol. The Balaban J connectivity index is 2.51. The second kappa shape index (κ2) is 6.54. The lowest BCUT2D eigenvalue weighted by atomic mass is 10.1. The Hall–Kier alpha value is -1.02. The Morgan fingerprint density at radius 1 is 1.19 bits per heavy atom.